The molecule has 1 aliphatic heterocycles. The molecule has 0 aliphatic carbocycles. The molecular formula is C16H16FN7. The van der Waals surface area contributed by atoms with Crippen LogP contribution in [0.25, 0.3) is 5.82 Å². The maximum atomic E-state index is 13.9. The lowest BCUT2D eigenvalue weighted by atomic mass is 10.3. The van der Waals surface area contributed by atoms with Crippen molar-refractivity contribution in [1.29, 1.82) is 0 Å². The number of pyridine rings is 1. The highest BCUT2D eigenvalue weighted by atomic mass is 19.1. The summed E-state index contributed by atoms with van der Waals surface area (Å²) in [7, 11) is 0. The number of halogens is 1. The van der Waals surface area contributed by atoms with Crippen molar-refractivity contribution in [2.45, 2.75) is 0 Å². The van der Waals surface area contributed by atoms with Crippen LogP contribution in [-0.2, 0) is 0 Å². The monoisotopic (exact) mass is 325 g/mol. The molecule has 0 bridgehead atoms. The topological polar surface area (TPSA) is 63.0 Å². The number of aromatic nitrogens is 5. The fourth-order valence-electron chi connectivity index (χ4n) is 2.80. The van der Waals surface area contributed by atoms with Crippen LogP contribution in [0.1, 0.15) is 0 Å². The lowest BCUT2D eigenvalue weighted by Gasteiger charge is -2.36. The van der Waals surface area contributed by atoms with Crippen LogP contribution in [0.3, 0.4) is 0 Å². The van der Waals surface area contributed by atoms with Gasteiger partial charge in [-0.1, -0.05) is 0 Å². The molecule has 0 atom stereocenters. The third kappa shape index (κ3) is 2.78. The number of anilines is 2. The molecule has 4 rings (SSSR count). The molecule has 24 heavy (non-hydrogen) atoms. The molecule has 0 aromatic carbocycles. The molecule has 7 nitrogen and oxygen atoms in total. The average Bonchev–Trinajstić information content (AvgIpc) is 3.17. The van der Waals surface area contributed by atoms with E-state index in [-0.39, 0.29) is 5.82 Å². The van der Waals surface area contributed by atoms with Crippen LogP contribution in [0, 0.1) is 5.82 Å². The molecule has 0 amide bonds. The van der Waals surface area contributed by atoms with E-state index in [0.717, 1.165) is 24.7 Å². The van der Waals surface area contributed by atoms with E-state index in [1.54, 1.807) is 23.1 Å². The summed E-state index contributed by atoms with van der Waals surface area (Å²) in [5.41, 5.74) is 0. The second-order valence-corrected chi connectivity index (χ2v) is 5.47. The second-order valence-electron chi connectivity index (χ2n) is 5.47. The van der Waals surface area contributed by atoms with Gasteiger partial charge in [0.25, 0.3) is 0 Å². The van der Waals surface area contributed by atoms with Crippen molar-refractivity contribution in [3.63, 3.8) is 0 Å². The van der Waals surface area contributed by atoms with Gasteiger partial charge in [-0.2, -0.15) is 5.10 Å². The smallest absolute Gasteiger partial charge is 0.165 e. The summed E-state index contributed by atoms with van der Waals surface area (Å²) < 4.78 is 15.6. The maximum Gasteiger partial charge on any atom is 0.165 e. The minimum Gasteiger partial charge on any atom is -0.353 e. The van der Waals surface area contributed by atoms with Gasteiger partial charge in [0.2, 0.25) is 0 Å². The van der Waals surface area contributed by atoms with E-state index in [1.165, 1.54) is 12.4 Å². The zero-order chi connectivity index (χ0) is 16.4. The second kappa shape index (κ2) is 6.23. The third-order valence-corrected chi connectivity index (χ3v) is 4.02. The Morgan fingerprint density at radius 3 is 2.42 bits per heavy atom. The van der Waals surface area contributed by atoms with Gasteiger partial charge in [0.05, 0.1) is 0 Å². The van der Waals surface area contributed by atoms with E-state index in [2.05, 4.69) is 25.0 Å². The molecule has 0 spiro atoms. The van der Waals surface area contributed by atoms with Crippen molar-refractivity contribution in [1.82, 2.24) is 24.7 Å². The van der Waals surface area contributed by atoms with Gasteiger partial charge < -0.3 is 9.80 Å². The Labute approximate surface area is 138 Å². The van der Waals surface area contributed by atoms with Crippen LogP contribution in [0.2, 0.25) is 0 Å². The van der Waals surface area contributed by atoms with Crippen molar-refractivity contribution in [2.75, 3.05) is 36.0 Å². The molecule has 0 unspecified atom stereocenters. The van der Waals surface area contributed by atoms with Crippen LogP contribution in [0.4, 0.5) is 16.0 Å². The van der Waals surface area contributed by atoms with E-state index < -0.39 is 0 Å². The van der Waals surface area contributed by atoms with Crippen molar-refractivity contribution in [3.05, 3.63) is 55.0 Å². The summed E-state index contributed by atoms with van der Waals surface area (Å²) in [5.74, 6) is 1.70. The van der Waals surface area contributed by atoms with E-state index in [1.807, 2.05) is 23.2 Å². The average molecular weight is 325 g/mol. The van der Waals surface area contributed by atoms with Gasteiger partial charge in [-0.15, -0.1) is 0 Å². The summed E-state index contributed by atoms with van der Waals surface area (Å²) >= 11 is 0. The predicted molar refractivity (Wildman–Crippen MR) is 87.8 cm³/mol. The SMILES string of the molecule is Fc1cccnc1N1CCN(c2cc(-n3cccn3)ncn2)CC1. The molecule has 1 fully saturated rings. The Bertz CT molecular complexity index is 813. The predicted octanol–water partition coefficient (Wildman–Crippen LogP) is 1.52. The first-order chi connectivity index (χ1) is 11.8. The van der Waals surface area contributed by atoms with E-state index in [9.17, 15) is 4.39 Å². The molecular weight excluding hydrogens is 309 g/mol. The Balaban J connectivity index is 1.48. The highest BCUT2D eigenvalue weighted by Gasteiger charge is 2.21. The first-order valence-electron chi connectivity index (χ1n) is 7.74. The molecule has 0 radical (unpaired) electrons. The maximum absolute atomic E-state index is 13.9. The van der Waals surface area contributed by atoms with Gasteiger partial charge in [0.1, 0.15) is 12.1 Å². The third-order valence-electron chi connectivity index (χ3n) is 4.02. The summed E-state index contributed by atoms with van der Waals surface area (Å²) in [6.07, 6.45) is 6.71. The molecule has 0 N–H and O–H groups in total. The summed E-state index contributed by atoms with van der Waals surface area (Å²) in [6.45, 7) is 2.86. The van der Waals surface area contributed by atoms with Gasteiger partial charge in [-0.3, -0.25) is 0 Å². The molecule has 1 saturated heterocycles. The highest BCUT2D eigenvalue weighted by molar-refractivity contribution is 5.47. The first kappa shape index (κ1) is 14.6. The number of nitrogens with zero attached hydrogens (tertiary/aromatic N) is 7. The standard InChI is InChI=1S/C16H16FN7/c17-13-3-1-4-18-16(13)23-9-7-22(8-10-23)14-11-15(20-12-19-14)24-6-2-5-21-24/h1-6,11-12H,7-10H2. The lowest BCUT2D eigenvalue weighted by Crippen LogP contribution is -2.47. The largest absolute Gasteiger partial charge is 0.353 e. The van der Waals surface area contributed by atoms with E-state index in [4.69, 9.17) is 0 Å². The lowest BCUT2D eigenvalue weighted by molar-refractivity contribution is 0.586. The Morgan fingerprint density at radius 1 is 0.875 bits per heavy atom. The van der Waals surface area contributed by atoms with E-state index >= 15 is 0 Å². The molecule has 1 aliphatic rings. The van der Waals surface area contributed by atoms with Crippen molar-refractivity contribution >= 4 is 11.6 Å². The zero-order valence-electron chi connectivity index (χ0n) is 13.0. The normalized spacial score (nSPS) is 14.9. The fraction of sp³-hybridized carbons (Fsp3) is 0.250. The number of piperazine rings is 1. The van der Waals surface area contributed by atoms with Gasteiger partial charge in [-0.05, 0) is 18.2 Å². The highest BCUT2D eigenvalue weighted by Crippen LogP contribution is 2.20. The minimum atomic E-state index is -0.283. The fourth-order valence-corrected chi connectivity index (χ4v) is 2.80. The van der Waals surface area contributed by atoms with Gasteiger partial charge in [0.15, 0.2) is 17.5 Å². The molecule has 0 saturated carbocycles. The van der Waals surface area contributed by atoms with Crippen molar-refractivity contribution in [3.8, 4) is 5.82 Å². The van der Waals surface area contributed by atoms with Crippen molar-refractivity contribution < 1.29 is 4.39 Å². The Morgan fingerprint density at radius 2 is 1.67 bits per heavy atom. The van der Waals surface area contributed by atoms with Gasteiger partial charge in [0, 0.05) is 50.8 Å². The summed E-state index contributed by atoms with van der Waals surface area (Å²) in [6, 6.07) is 6.80. The van der Waals surface area contributed by atoms with E-state index in [0.29, 0.717) is 18.9 Å². The van der Waals surface area contributed by atoms with Gasteiger partial charge >= 0.3 is 0 Å². The van der Waals surface area contributed by atoms with Crippen molar-refractivity contribution in [2.24, 2.45) is 0 Å². The van der Waals surface area contributed by atoms with Crippen LogP contribution < -0.4 is 9.80 Å². The minimum absolute atomic E-state index is 0.283. The Hall–Kier alpha value is -3.03. The molecule has 3 aromatic rings. The quantitative estimate of drug-likeness (QED) is 0.728. The number of rotatable bonds is 3. The number of hydrogen-bond donors (Lipinski definition) is 0. The molecule has 8 heteroatoms. The first-order valence-corrected chi connectivity index (χ1v) is 7.74. The summed E-state index contributed by atoms with van der Waals surface area (Å²) in [4.78, 5) is 16.9. The summed E-state index contributed by atoms with van der Waals surface area (Å²) in [5, 5.41) is 4.18. The van der Waals surface area contributed by atoms with Crippen LogP contribution in [-0.4, -0.2) is 50.9 Å². The van der Waals surface area contributed by atoms with Crippen LogP contribution in [0.15, 0.2) is 49.2 Å². The molecule has 122 valence electrons. The Kier molecular flexibility index (Phi) is 3.78. The number of hydrogen-bond acceptors (Lipinski definition) is 6. The molecule has 4 heterocycles. The van der Waals surface area contributed by atoms with Crippen LogP contribution >= 0.6 is 0 Å². The van der Waals surface area contributed by atoms with Gasteiger partial charge in [-0.25, -0.2) is 24.0 Å². The molecule has 3 aromatic heterocycles. The zero-order valence-corrected chi connectivity index (χ0v) is 13.0. The van der Waals surface area contributed by atoms with Crippen LogP contribution in [0.5, 0.6) is 0 Å².